The predicted octanol–water partition coefficient (Wildman–Crippen LogP) is 0.911. The Hall–Kier alpha value is -1.73. The van der Waals surface area contributed by atoms with Crippen LogP contribution in [-0.2, 0) is 21.2 Å². The number of likely N-dealkylation sites (N-methyl/N-ethyl adjacent to an activating group) is 1. The van der Waals surface area contributed by atoms with Gasteiger partial charge in [0, 0.05) is 19.0 Å². The van der Waals surface area contributed by atoms with E-state index in [2.05, 4.69) is 0 Å². The maximum absolute atomic E-state index is 12.2. The van der Waals surface area contributed by atoms with Crippen LogP contribution in [0.3, 0.4) is 0 Å². The molecule has 0 fully saturated rings. The fourth-order valence-corrected chi connectivity index (χ4v) is 3.37. The Kier molecular flexibility index (Phi) is 3.92. The van der Waals surface area contributed by atoms with Crippen molar-refractivity contribution < 1.29 is 23.1 Å². The molecule has 2 rings (SSSR count). The monoisotopic (exact) mass is 297 g/mol. The van der Waals surface area contributed by atoms with Crippen molar-refractivity contribution in [2.45, 2.75) is 24.2 Å². The average Bonchev–Trinajstić information content (AvgIpc) is 2.38. The second kappa shape index (κ2) is 5.34. The number of benzene rings is 1. The van der Waals surface area contributed by atoms with Gasteiger partial charge >= 0.3 is 5.97 Å². The highest BCUT2D eigenvalue weighted by atomic mass is 32.2. The van der Waals surface area contributed by atoms with Gasteiger partial charge in [-0.2, -0.15) is 4.31 Å². The van der Waals surface area contributed by atoms with Crippen LogP contribution in [0.15, 0.2) is 23.1 Å². The molecule has 0 amide bonds. The topological polar surface area (TPSA) is 91.8 Å². The molecule has 0 bridgehead atoms. The number of carboxylic acids is 1. The second-order valence-corrected chi connectivity index (χ2v) is 6.80. The standard InChI is InChI=1S/C13H15NO5S/c1-14(8-13(16)17)20(18,19)10-6-5-9-3-2-4-12(15)11(9)7-10/h5-7H,2-4,8H2,1H3,(H,16,17). The highest BCUT2D eigenvalue weighted by molar-refractivity contribution is 7.89. The predicted molar refractivity (Wildman–Crippen MR) is 71.2 cm³/mol. The Balaban J connectivity index is 2.40. The number of aryl methyl sites for hydroxylation is 1. The summed E-state index contributed by atoms with van der Waals surface area (Å²) < 4.78 is 25.2. The van der Waals surface area contributed by atoms with E-state index in [0.717, 1.165) is 22.7 Å². The van der Waals surface area contributed by atoms with E-state index in [9.17, 15) is 18.0 Å². The van der Waals surface area contributed by atoms with Gasteiger partial charge in [0.15, 0.2) is 5.78 Å². The van der Waals surface area contributed by atoms with Gasteiger partial charge in [0.2, 0.25) is 10.0 Å². The SMILES string of the molecule is CN(CC(=O)O)S(=O)(=O)c1ccc2c(c1)C(=O)CCC2. The van der Waals surface area contributed by atoms with Gasteiger partial charge < -0.3 is 5.11 Å². The normalized spacial score (nSPS) is 15.2. The Morgan fingerprint density at radius 1 is 1.35 bits per heavy atom. The molecule has 1 aromatic carbocycles. The van der Waals surface area contributed by atoms with E-state index in [4.69, 9.17) is 5.11 Å². The van der Waals surface area contributed by atoms with Crippen molar-refractivity contribution in [2.75, 3.05) is 13.6 Å². The summed E-state index contributed by atoms with van der Waals surface area (Å²) in [5, 5.41) is 8.67. The molecule has 0 aliphatic heterocycles. The van der Waals surface area contributed by atoms with Crippen LogP contribution in [0.25, 0.3) is 0 Å². The Morgan fingerprint density at radius 3 is 2.70 bits per heavy atom. The van der Waals surface area contributed by atoms with E-state index in [1.165, 1.54) is 19.2 Å². The number of nitrogens with zero attached hydrogens (tertiary/aromatic N) is 1. The van der Waals surface area contributed by atoms with Crippen molar-refractivity contribution in [1.82, 2.24) is 4.31 Å². The first kappa shape index (κ1) is 14.7. The molecule has 7 heteroatoms. The van der Waals surface area contributed by atoms with Gasteiger partial charge in [0.25, 0.3) is 0 Å². The van der Waals surface area contributed by atoms with E-state index in [-0.39, 0.29) is 10.7 Å². The minimum absolute atomic E-state index is 0.0461. The zero-order chi connectivity index (χ0) is 14.9. The summed E-state index contributed by atoms with van der Waals surface area (Å²) in [4.78, 5) is 22.4. The number of carbonyl (C=O) groups excluding carboxylic acids is 1. The molecule has 0 spiro atoms. The lowest BCUT2D eigenvalue weighted by atomic mass is 9.91. The third-order valence-corrected chi connectivity index (χ3v) is 5.10. The van der Waals surface area contributed by atoms with E-state index in [1.807, 2.05) is 0 Å². The van der Waals surface area contributed by atoms with Crippen LogP contribution in [0.5, 0.6) is 0 Å². The molecule has 1 aromatic rings. The maximum atomic E-state index is 12.2. The summed E-state index contributed by atoms with van der Waals surface area (Å²) in [5.74, 6) is -1.30. The van der Waals surface area contributed by atoms with Crippen LogP contribution in [0.1, 0.15) is 28.8 Å². The van der Waals surface area contributed by atoms with E-state index in [1.54, 1.807) is 6.07 Å². The molecule has 1 aliphatic carbocycles. The number of aliphatic carboxylic acids is 1. The molecule has 1 aliphatic rings. The fourth-order valence-electron chi connectivity index (χ4n) is 2.22. The molecule has 0 aromatic heterocycles. The van der Waals surface area contributed by atoms with Crippen molar-refractivity contribution in [1.29, 1.82) is 0 Å². The van der Waals surface area contributed by atoms with Gasteiger partial charge in [-0.1, -0.05) is 6.07 Å². The van der Waals surface area contributed by atoms with Crippen LogP contribution in [0.4, 0.5) is 0 Å². The van der Waals surface area contributed by atoms with Gasteiger partial charge in [0.1, 0.15) is 6.54 Å². The molecule has 0 saturated carbocycles. The number of Topliss-reactive ketones (excluding diaryl/α,β-unsaturated/α-hetero) is 1. The number of rotatable bonds is 4. The molecule has 0 radical (unpaired) electrons. The minimum Gasteiger partial charge on any atom is -0.480 e. The summed E-state index contributed by atoms with van der Waals surface area (Å²) in [6.07, 6.45) is 1.95. The molecule has 0 atom stereocenters. The van der Waals surface area contributed by atoms with Crippen LogP contribution < -0.4 is 0 Å². The lowest BCUT2D eigenvalue weighted by Crippen LogP contribution is -2.32. The van der Waals surface area contributed by atoms with Gasteiger partial charge in [-0.05, 0) is 30.5 Å². The van der Waals surface area contributed by atoms with Crippen molar-refractivity contribution in [3.8, 4) is 0 Å². The van der Waals surface area contributed by atoms with Crippen LogP contribution in [-0.4, -0.2) is 43.2 Å². The quantitative estimate of drug-likeness (QED) is 0.892. The highest BCUT2D eigenvalue weighted by Crippen LogP contribution is 2.25. The number of hydrogen-bond donors (Lipinski definition) is 1. The van der Waals surface area contributed by atoms with Crippen LogP contribution >= 0.6 is 0 Å². The van der Waals surface area contributed by atoms with E-state index < -0.39 is 22.5 Å². The maximum Gasteiger partial charge on any atom is 0.318 e. The third-order valence-electron chi connectivity index (χ3n) is 3.30. The Bertz CT molecular complexity index is 665. The van der Waals surface area contributed by atoms with Gasteiger partial charge in [-0.3, -0.25) is 9.59 Å². The summed E-state index contributed by atoms with van der Waals surface area (Å²) in [7, 11) is -2.69. The summed E-state index contributed by atoms with van der Waals surface area (Å²) in [5.41, 5.74) is 1.28. The molecular formula is C13H15NO5S. The molecule has 0 unspecified atom stereocenters. The summed E-state index contributed by atoms with van der Waals surface area (Å²) in [6.45, 7) is -0.618. The van der Waals surface area contributed by atoms with Gasteiger partial charge in [-0.25, -0.2) is 8.42 Å². The fraction of sp³-hybridized carbons (Fsp3) is 0.385. The minimum atomic E-state index is -3.89. The second-order valence-electron chi connectivity index (χ2n) is 4.75. The molecule has 0 heterocycles. The molecule has 108 valence electrons. The largest absolute Gasteiger partial charge is 0.480 e. The first-order valence-corrected chi connectivity index (χ1v) is 7.60. The lowest BCUT2D eigenvalue weighted by Gasteiger charge is -2.18. The Labute approximate surface area is 117 Å². The molecule has 1 N–H and O–H groups in total. The van der Waals surface area contributed by atoms with E-state index >= 15 is 0 Å². The van der Waals surface area contributed by atoms with Crippen molar-refractivity contribution in [2.24, 2.45) is 0 Å². The summed E-state index contributed by atoms with van der Waals surface area (Å²) in [6, 6.07) is 4.41. The van der Waals surface area contributed by atoms with Crippen molar-refractivity contribution >= 4 is 21.8 Å². The van der Waals surface area contributed by atoms with Crippen LogP contribution in [0, 0.1) is 0 Å². The van der Waals surface area contributed by atoms with Gasteiger partial charge in [0.05, 0.1) is 4.90 Å². The number of sulfonamides is 1. The van der Waals surface area contributed by atoms with Crippen molar-refractivity contribution in [3.05, 3.63) is 29.3 Å². The Morgan fingerprint density at radius 2 is 2.05 bits per heavy atom. The smallest absolute Gasteiger partial charge is 0.318 e. The zero-order valence-corrected chi connectivity index (χ0v) is 11.8. The first-order valence-electron chi connectivity index (χ1n) is 6.16. The molecular weight excluding hydrogens is 282 g/mol. The van der Waals surface area contributed by atoms with Crippen LogP contribution in [0.2, 0.25) is 0 Å². The summed E-state index contributed by atoms with van der Waals surface area (Å²) >= 11 is 0. The average molecular weight is 297 g/mol. The number of fused-ring (bicyclic) bond motifs is 1. The third kappa shape index (κ3) is 2.73. The first-order chi connectivity index (χ1) is 9.32. The number of hydrogen-bond acceptors (Lipinski definition) is 4. The molecule has 6 nitrogen and oxygen atoms in total. The van der Waals surface area contributed by atoms with Gasteiger partial charge in [-0.15, -0.1) is 0 Å². The number of carboxylic acid groups (broad SMARTS) is 1. The number of carbonyl (C=O) groups is 2. The zero-order valence-electron chi connectivity index (χ0n) is 11.0. The highest BCUT2D eigenvalue weighted by Gasteiger charge is 2.25. The lowest BCUT2D eigenvalue weighted by molar-refractivity contribution is -0.137. The molecule has 20 heavy (non-hydrogen) atoms. The van der Waals surface area contributed by atoms with E-state index in [0.29, 0.717) is 12.0 Å². The van der Waals surface area contributed by atoms with Crippen molar-refractivity contribution in [3.63, 3.8) is 0 Å². The molecule has 0 saturated heterocycles. The number of ketones is 1.